The number of carboxylic acids is 1. The number of carboxylic acid groups (broad SMARTS) is 1. The first-order valence-electron chi connectivity index (χ1n) is 5.13. The van der Waals surface area contributed by atoms with Crippen LogP contribution in [0.25, 0.3) is 0 Å². The molecule has 0 radical (unpaired) electrons. The van der Waals surface area contributed by atoms with Crippen LogP contribution >= 0.6 is 0 Å². The van der Waals surface area contributed by atoms with Gasteiger partial charge in [0.05, 0.1) is 5.75 Å². The number of sulfonamides is 1. The van der Waals surface area contributed by atoms with Gasteiger partial charge in [-0.15, -0.1) is 0 Å². The van der Waals surface area contributed by atoms with Gasteiger partial charge in [-0.05, 0) is 18.8 Å². The van der Waals surface area contributed by atoms with E-state index in [1.165, 1.54) is 0 Å². The van der Waals surface area contributed by atoms with Crippen molar-refractivity contribution < 1.29 is 23.4 Å². The maximum Gasteiger partial charge on any atom is 0.332 e. The lowest BCUT2D eigenvalue weighted by Gasteiger charge is -2.09. The lowest BCUT2D eigenvalue weighted by Crippen LogP contribution is -2.31. The summed E-state index contributed by atoms with van der Waals surface area (Å²) >= 11 is 0. The molecule has 0 aliphatic heterocycles. The SMILES string of the molecule is CC(C)CCS(=O)(=O)NCC[C@H](O)C(=O)O. The zero-order valence-electron chi connectivity index (χ0n) is 9.51. The molecule has 0 fully saturated rings. The highest BCUT2D eigenvalue weighted by Gasteiger charge is 2.15. The molecule has 0 unspecified atom stereocenters. The van der Waals surface area contributed by atoms with Crippen LogP contribution in [0.2, 0.25) is 0 Å². The van der Waals surface area contributed by atoms with Crippen molar-refractivity contribution in [2.24, 2.45) is 5.92 Å². The normalized spacial score (nSPS) is 14.0. The van der Waals surface area contributed by atoms with Crippen molar-refractivity contribution in [3.8, 4) is 0 Å². The molecular formula is C9H19NO5S. The number of aliphatic hydroxyl groups is 1. The molecule has 0 heterocycles. The van der Waals surface area contributed by atoms with E-state index in [2.05, 4.69) is 4.72 Å². The second-order valence-corrected chi connectivity index (χ2v) is 5.96. The highest BCUT2D eigenvalue weighted by atomic mass is 32.2. The van der Waals surface area contributed by atoms with Crippen LogP contribution in [0.5, 0.6) is 0 Å². The molecule has 1 atom stereocenters. The molecule has 96 valence electrons. The summed E-state index contributed by atoms with van der Waals surface area (Å²) in [5, 5.41) is 17.3. The summed E-state index contributed by atoms with van der Waals surface area (Å²) in [6.45, 7) is 3.78. The first-order valence-corrected chi connectivity index (χ1v) is 6.78. The molecule has 6 nitrogen and oxygen atoms in total. The Labute approximate surface area is 95.7 Å². The second kappa shape index (κ2) is 6.82. The van der Waals surface area contributed by atoms with Gasteiger partial charge in [0.25, 0.3) is 0 Å². The number of aliphatic hydroxyl groups excluding tert-OH is 1. The average molecular weight is 253 g/mol. The van der Waals surface area contributed by atoms with E-state index in [4.69, 9.17) is 10.2 Å². The molecule has 16 heavy (non-hydrogen) atoms. The van der Waals surface area contributed by atoms with Gasteiger partial charge in [0, 0.05) is 6.54 Å². The summed E-state index contributed by atoms with van der Waals surface area (Å²) in [5.74, 6) is -1.03. The van der Waals surface area contributed by atoms with Crippen LogP contribution in [-0.2, 0) is 14.8 Å². The van der Waals surface area contributed by atoms with Gasteiger partial charge in [0.2, 0.25) is 10.0 Å². The minimum Gasteiger partial charge on any atom is -0.479 e. The van der Waals surface area contributed by atoms with Gasteiger partial charge < -0.3 is 10.2 Å². The number of aliphatic carboxylic acids is 1. The summed E-state index contributed by atoms with van der Waals surface area (Å²) in [4.78, 5) is 10.2. The summed E-state index contributed by atoms with van der Waals surface area (Å²) in [6, 6.07) is 0. The maximum atomic E-state index is 11.3. The molecule has 0 aromatic carbocycles. The van der Waals surface area contributed by atoms with Crippen molar-refractivity contribution >= 4 is 16.0 Å². The van der Waals surface area contributed by atoms with Crippen molar-refractivity contribution in [3.63, 3.8) is 0 Å². The maximum absolute atomic E-state index is 11.3. The van der Waals surface area contributed by atoms with Crippen molar-refractivity contribution in [2.45, 2.75) is 32.8 Å². The van der Waals surface area contributed by atoms with Gasteiger partial charge in [0.15, 0.2) is 6.10 Å². The first-order chi connectivity index (χ1) is 7.24. The molecule has 0 bridgehead atoms. The molecule has 7 heteroatoms. The van der Waals surface area contributed by atoms with Gasteiger partial charge in [-0.3, -0.25) is 0 Å². The summed E-state index contributed by atoms with van der Waals surface area (Å²) < 4.78 is 24.9. The zero-order chi connectivity index (χ0) is 12.8. The molecule has 0 aliphatic rings. The Hall–Kier alpha value is -0.660. The van der Waals surface area contributed by atoms with Crippen LogP contribution in [0.4, 0.5) is 0 Å². The number of carbonyl (C=O) groups is 1. The van der Waals surface area contributed by atoms with E-state index in [0.29, 0.717) is 12.3 Å². The van der Waals surface area contributed by atoms with E-state index in [-0.39, 0.29) is 18.7 Å². The highest BCUT2D eigenvalue weighted by Crippen LogP contribution is 2.02. The quantitative estimate of drug-likeness (QED) is 0.555. The van der Waals surface area contributed by atoms with Crippen LogP contribution < -0.4 is 4.72 Å². The summed E-state index contributed by atoms with van der Waals surface area (Å²) in [5.41, 5.74) is 0. The second-order valence-electron chi connectivity index (χ2n) is 4.04. The largest absolute Gasteiger partial charge is 0.479 e. The Morgan fingerprint density at radius 1 is 1.31 bits per heavy atom. The van der Waals surface area contributed by atoms with Crippen molar-refractivity contribution in [2.75, 3.05) is 12.3 Å². The molecule has 0 spiro atoms. The predicted octanol–water partition coefficient (Wildman–Crippen LogP) is -0.212. The fourth-order valence-corrected chi connectivity index (χ4v) is 2.29. The smallest absolute Gasteiger partial charge is 0.332 e. The van der Waals surface area contributed by atoms with Gasteiger partial charge in [-0.2, -0.15) is 0 Å². The molecule has 0 aliphatic carbocycles. The Balaban J connectivity index is 3.87. The molecule has 0 saturated carbocycles. The topological polar surface area (TPSA) is 104 Å². The van der Waals surface area contributed by atoms with Gasteiger partial charge in [-0.25, -0.2) is 17.9 Å². The molecule has 0 saturated heterocycles. The van der Waals surface area contributed by atoms with Crippen LogP contribution in [0.15, 0.2) is 0 Å². The summed E-state index contributed by atoms with van der Waals surface area (Å²) in [6.07, 6.45) is -1.10. The Morgan fingerprint density at radius 3 is 2.31 bits per heavy atom. The molecule has 0 aromatic rings. The third-order valence-corrected chi connectivity index (χ3v) is 3.41. The van der Waals surface area contributed by atoms with Crippen LogP contribution in [0.3, 0.4) is 0 Å². The van der Waals surface area contributed by atoms with Crippen molar-refractivity contribution in [1.82, 2.24) is 4.72 Å². The lowest BCUT2D eigenvalue weighted by molar-refractivity contribution is -0.146. The molecule has 0 rings (SSSR count). The molecule has 0 aromatic heterocycles. The van der Waals surface area contributed by atoms with Crippen molar-refractivity contribution in [1.29, 1.82) is 0 Å². The van der Waals surface area contributed by atoms with Crippen LogP contribution in [0, 0.1) is 5.92 Å². The number of hydrogen-bond donors (Lipinski definition) is 3. The van der Waals surface area contributed by atoms with Gasteiger partial charge in [-0.1, -0.05) is 13.8 Å². The molecule has 3 N–H and O–H groups in total. The summed E-state index contributed by atoms with van der Waals surface area (Å²) in [7, 11) is -3.35. The predicted molar refractivity (Wildman–Crippen MR) is 59.5 cm³/mol. The number of hydrogen-bond acceptors (Lipinski definition) is 4. The monoisotopic (exact) mass is 253 g/mol. The standard InChI is InChI=1S/C9H19NO5S/c1-7(2)4-6-16(14,15)10-5-3-8(11)9(12)13/h7-8,10-11H,3-6H2,1-2H3,(H,12,13)/t8-/m0/s1. The number of nitrogens with one attached hydrogen (secondary N) is 1. The Kier molecular flexibility index (Phi) is 6.54. The zero-order valence-corrected chi connectivity index (χ0v) is 10.3. The van der Waals surface area contributed by atoms with Crippen LogP contribution in [-0.4, -0.2) is 43.0 Å². The van der Waals surface area contributed by atoms with E-state index in [1.54, 1.807) is 0 Å². The van der Waals surface area contributed by atoms with E-state index >= 15 is 0 Å². The van der Waals surface area contributed by atoms with Crippen LogP contribution in [0.1, 0.15) is 26.7 Å². The first kappa shape index (κ1) is 15.3. The molecular weight excluding hydrogens is 234 g/mol. The minimum atomic E-state index is -3.35. The minimum absolute atomic E-state index is 0.0217. The Morgan fingerprint density at radius 2 is 1.88 bits per heavy atom. The third-order valence-electron chi connectivity index (χ3n) is 1.99. The van der Waals surface area contributed by atoms with Crippen molar-refractivity contribution in [3.05, 3.63) is 0 Å². The van der Waals surface area contributed by atoms with Gasteiger partial charge in [0.1, 0.15) is 0 Å². The van der Waals surface area contributed by atoms with Gasteiger partial charge >= 0.3 is 5.97 Å². The number of rotatable bonds is 8. The van der Waals surface area contributed by atoms with E-state index in [0.717, 1.165) is 0 Å². The average Bonchev–Trinajstić information content (AvgIpc) is 2.14. The Bertz CT molecular complexity index is 312. The highest BCUT2D eigenvalue weighted by molar-refractivity contribution is 7.89. The molecule has 0 amide bonds. The fourth-order valence-electron chi connectivity index (χ4n) is 0.938. The van der Waals surface area contributed by atoms with E-state index < -0.39 is 22.1 Å². The fraction of sp³-hybridized carbons (Fsp3) is 0.889. The third kappa shape index (κ3) is 7.61. The van der Waals surface area contributed by atoms with E-state index in [9.17, 15) is 13.2 Å². The van der Waals surface area contributed by atoms with E-state index in [1.807, 2.05) is 13.8 Å². The lowest BCUT2D eigenvalue weighted by atomic mass is 10.2.